The highest BCUT2D eigenvalue weighted by Gasteiger charge is 2.27. The molecule has 0 radical (unpaired) electrons. The second-order valence-electron chi connectivity index (χ2n) is 7.35. The number of nitrogens with zero attached hydrogens (tertiary/aromatic N) is 3. The molecule has 3 heterocycles. The van der Waals surface area contributed by atoms with E-state index in [1.165, 1.54) is 11.3 Å². The van der Waals surface area contributed by atoms with Gasteiger partial charge in [0, 0.05) is 37.8 Å². The lowest BCUT2D eigenvalue weighted by Crippen LogP contribution is -2.46. The molecule has 1 aromatic heterocycles. The zero-order valence-corrected chi connectivity index (χ0v) is 17.0. The SMILES string of the molecule is O=C(Nc1ccccc1)c1nnc(C2CCN(C(=O)NC[C@@H]3CCCO3)CC2)s1. The number of rotatable bonds is 5. The quantitative estimate of drug-likeness (QED) is 0.783. The number of hydrogen-bond acceptors (Lipinski definition) is 6. The van der Waals surface area contributed by atoms with E-state index in [4.69, 9.17) is 4.74 Å². The van der Waals surface area contributed by atoms with Gasteiger partial charge in [-0.25, -0.2) is 4.79 Å². The molecule has 29 heavy (non-hydrogen) atoms. The number of para-hydroxylation sites is 1. The van der Waals surface area contributed by atoms with Crippen molar-refractivity contribution in [1.29, 1.82) is 0 Å². The number of anilines is 1. The molecule has 3 amide bonds. The minimum atomic E-state index is -0.245. The number of benzene rings is 1. The molecule has 154 valence electrons. The van der Waals surface area contributed by atoms with Crippen LogP contribution in [0.2, 0.25) is 0 Å². The van der Waals surface area contributed by atoms with Gasteiger partial charge in [0.2, 0.25) is 5.01 Å². The van der Waals surface area contributed by atoms with E-state index in [0.29, 0.717) is 24.6 Å². The molecular weight excluding hydrogens is 390 g/mol. The molecule has 0 bridgehead atoms. The van der Waals surface area contributed by atoms with E-state index in [1.54, 1.807) is 0 Å². The van der Waals surface area contributed by atoms with Gasteiger partial charge in [-0.2, -0.15) is 0 Å². The Kier molecular flexibility index (Phi) is 6.36. The molecule has 2 fully saturated rings. The van der Waals surface area contributed by atoms with E-state index >= 15 is 0 Å². The minimum Gasteiger partial charge on any atom is -0.376 e. The Labute approximate surface area is 173 Å². The standard InChI is InChI=1S/C20H25N5O3S/c26-17(22-15-5-2-1-3-6-15)19-24-23-18(29-19)14-8-10-25(11-9-14)20(27)21-13-16-7-4-12-28-16/h1-3,5-6,14,16H,4,7-13H2,(H,21,27)(H,22,26)/t16-/m0/s1. The number of hydrogen-bond donors (Lipinski definition) is 2. The van der Waals surface area contributed by atoms with Crippen LogP contribution in [0.1, 0.15) is 46.4 Å². The van der Waals surface area contributed by atoms with E-state index in [9.17, 15) is 9.59 Å². The zero-order valence-electron chi connectivity index (χ0n) is 16.2. The van der Waals surface area contributed by atoms with Gasteiger partial charge in [-0.3, -0.25) is 4.79 Å². The van der Waals surface area contributed by atoms with Gasteiger partial charge in [0.15, 0.2) is 0 Å². The van der Waals surface area contributed by atoms with Crippen LogP contribution in [0.15, 0.2) is 30.3 Å². The lowest BCUT2D eigenvalue weighted by molar-refractivity contribution is 0.102. The Morgan fingerprint density at radius 2 is 1.93 bits per heavy atom. The molecule has 2 aliphatic heterocycles. The molecule has 0 unspecified atom stereocenters. The number of ether oxygens (including phenoxy) is 1. The molecule has 0 spiro atoms. The van der Waals surface area contributed by atoms with Crippen LogP contribution in [0.4, 0.5) is 10.5 Å². The molecule has 8 nitrogen and oxygen atoms in total. The first-order valence-corrected chi connectivity index (χ1v) is 10.8. The smallest absolute Gasteiger partial charge is 0.317 e. The van der Waals surface area contributed by atoms with Crippen molar-refractivity contribution >= 4 is 29.0 Å². The van der Waals surface area contributed by atoms with Crippen LogP contribution < -0.4 is 10.6 Å². The highest BCUT2D eigenvalue weighted by Crippen LogP contribution is 2.30. The molecule has 2 aromatic rings. The van der Waals surface area contributed by atoms with Gasteiger partial charge in [-0.05, 0) is 37.8 Å². The molecule has 4 rings (SSSR count). The van der Waals surface area contributed by atoms with Crippen molar-refractivity contribution in [2.45, 2.75) is 37.7 Å². The van der Waals surface area contributed by atoms with E-state index in [-0.39, 0.29) is 24.0 Å². The van der Waals surface area contributed by atoms with Gasteiger partial charge >= 0.3 is 6.03 Å². The Bertz CT molecular complexity index is 830. The predicted octanol–water partition coefficient (Wildman–Crippen LogP) is 2.86. The summed E-state index contributed by atoms with van der Waals surface area (Å²) in [4.78, 5) is 26.5. The summed E-state index contributed by atoms with van der Waals surface area (Å²) in [6, 6.07) is 9.27. The maximum absolute atomic E-state index is 12.4. The lowest BCUT2D eigenvalue weighted by Gasteiger charge is -2.31. The van der Waals surface area contributed by atoms with Gasteiger partial charge < -0.3 is 20.3 Å². The average Bonchev–Trinajstić information content (AvgIpc) is 3.45. The van der Waals surface area contributed by atoms with E-state index in [1.807, 2.05) is 35.2 Å². The van der Waals surface area contributed by atoms with Crippen molar-refractivity contribution in [1.82, 2.24) is 20.4 Å². The molecule has 2 N–H and O–H groups in total. The predicted molar refractivity (Wildman–Crippen MR) is 110 cm³/mol. The third kappa shape index (κ3) is 5.10. The third-order valence-corrected chi connectivity index (χ3v) is 6.39. The topological polar surface area (TPSA) is 96.5 Å². The molecule has 0 saturated carbocycles. The Balaban J connectivity index is 1.25. The lowest BCUT2D eigenvalue weighted by atomic mass is 9.98. The van der Waals surface area contributed by atoms with E-state index in [0.717, 1.165) is 43.0 Å². The summed E-state index contributed by atoms with van der Waals surface area (Å²) < 4.78 is 5.54. The van der Waals surface area contributed by atoms with E-state index < -0.39 is 0 Å². The molecule has 1 aromatic carbocycles. The molecule has 1 atom stereocenters. The largest absolute Gasteiger partial charge is 0.376 e. The Hall–Kier alpha value is -2.52. The summed E-state index contributed by atoms with van der Waals surface area (Å²) >= 11 is 1.33. The van der Waals surface area contributed by atoms with Crippen molar-refractivity contribution in [3.8, 4) is 0 Å². The van der Waals surface area contributed by atoms with Crippen molar-refractivity contribution < 1.29 is 14.3 Å². The highest BCUT2D eigenvalue weighted by atomic mass is 32.1. The van der Waals surface area contributed by atoms with Gasteiger partial charge in [0.25, 0.3) is 5.91 Å². The minimum absolute atomic E-state index is 0.0286. The second kappa shape index (κ2) is 9.32. The van der Waals surface area contributed by atoms with Crippen molar-refractivity contribution in [3.05, 3.63) is 40.3 Å². The molecule has 2 aliphatic rings. The monoisotopic (exact) mass is 415 g/mol. The van der Waals surface area contributed by atoms with Crippen LogP contribution in [-0.4, -0.2) is 59.4 Å². The summed E-state index contributed by atoms with van der Waals surface area (Å²) in [6.07, 6.45) is 3.88. The van der Waals surface area contributed by atoms with Crippen LogP contribution in [0.5, 0.6) is 0 Å². The highest BCUT2D eigenvalue weighted by molar-refractivity contribution is 7.13. The first kappa shape index (κ1) is 19.8. The van der Waals surface area contributed by atoms with Crippen molar-refractivity contribution in [2.24, 2.45) is 0 Å². The van der Waals surface area contributed by atoms with Gasteiger partial charge in [0.1, 0.15) is 5.01 Å². The van der Waals surface area contributed by atoms with Crippen molar-refractivity contribution in [2.75, 3.05) is 31.6 Å². The fraction of sp³-hybridized carbons (Fsp3) is 0.500. The fourth-order valence-electron chi connectivity index (χ4n) is 3.65. The number of carbonyl (C=O) groups is 2. The van der Waals surface area contributed by atoms with Crippen molar-refractivity contribution in [3.63, 3.8) is 0 Å². The van der Waals surface area contributed by atoms with Gasteiger partial charge in [0.05, 0.1) is 6.10 Å². The van der Waals surface area contributed by atoms with Gasteiger partial charge in [-0.1, -0.05) is 29.5 Å². The van der Waals surface area contributed by atoms with Crippen LogP contribution in [-0.2, 0) is 4.74 Å². The summed E-state index contributed by atoms with van der Waals surface area (Å²) in [6.45, 7) is 2.72. The zero-order chi connectivity index (χ0) is 20.1. The fourth-order valence-corrected chi connectivity index (χ4v) is 4.55. The van der Waals surface area contributed by atoms with Crippen LogP contribution in [0.3, 0.4) is 0 Å². The third-order valence-electron chi connectivity index (χ3n) is 5.30. The Morgan fingerprint density at radius 3 is 2.66 bits per heavy atom. The second-order valence-corrected chi connectivity index (χ2v) is 8.36. The number of piperidine rings is 1. The molecule has 9 heteroatoms. The normalized spacial score (nSPS) is 19.9. The number of carbonyl (C=O) groups excluding carboxylic acids is 2. The first-order chi connectivity index (χ1) is 14.2. The summed E-state index contributed by atoms with van der Waals surface area (Å²) in [5.74, 6) is -0.0149. The number of likely N-dealkylation sites (tertiary alicyclic amines) is 1. The van der Waals surface area contributed by atoms with Crippen LogP contribution in [0.25, 0.3) is 0 Å². The van der Waals surface area contributed by atoms with E-state index in [2.05, 4.69) is 20.8 Å². The summed E-state index contributed by atoms with van der Waals surface area (Å²) in [5.41, 5.74) is 0.733. The number of nitrogens with one attached hydrogen (secondary N) is 2. The first-order valence-electron chi connectivity index (χ1n) is 10.0. The average molecular weight is 416 g/mol. The summed E-state index contributed by atoms with van der Waals surface area (Å²) in [7, 11) is 0. The maximum atomic E-state index is 12.4. The van der Waals surface area contributed by atoms with Crippen LogP contribution in [0, 0.1) is 0 Å². The summed E-state index contributed by atoms with van der Waals surface area (Å²) in [5, 5.41) is 15.3. The number of urea groups is 1. The van der Waals surface area contributed by atoms with Crippen LogP contribution >= 0.6 is 11.3 Å². The molecular formula is C20H25N5O3S. The maximum Gasteiger partial charge on any atom is 0.317 e. The number of aromatic nitrogens is 2. The van der Waals surface area contributed by atoms with Gasteiger partial charge in [-0.15, -0.1) is 10.2 Å². The molecule has 0 aliphatic carbocycles. The number of amides is 3. The Morgan fingerprint density at radius 1 is 1.14 bits per heavy atom. The molecule has 2 saturated heterocycles.